The van der Waals surface area contributed by atoms with Crippen LogP contribution >= 0.6 is 0 Å². The van der Waals surface area contributed by atoms with Crippen LogP contribution in [0.4, 0.5) is 0 Å². The van der Waals surface area contributed by atoms with E-state index in [4.69, 9.17) is 0 Å². The van der Waals surface area contributed by atoms with E-state index in [1.807, 2.05) is 32.9 Å². The van der Waals surface area contributed by atoms with Crippen molar-refractivity contribution in [2.24, 2.45) is 5.92 Å². The first-order valence-electron chi connectivity index (χ1n) is 9.52. The van der Waals surface area contributed by atoms with Crippen LogP contribution in [0.25, 0.3) is 0 Å². The molecule has 4 heteroatoms. The highest BCUT2D eigenvalue weighted by molar-refractivity contribution is 5.97. The third-order valence-corrected chi connectivity index (χ3v) is 4.76. The van der Waals surface area contributed by atoms with E-state index in [0.29, 0.717) is 12.1 Å². The molecule has 0 aliphatic rings. The van der Waals surface area contributed by atoms with Crippen molar-refractivity contribution >= 4 is 11.8 Å². The van der Waals surface area contributed by atoms with Crippen LogP contribution in [-0.4, -0.2) is 29.8 Å². The number of benzene rings is 2. The fourth-order valence-corrected chi connectivity index (χ4v) is 2.91. The molecule has 2 amide bonds. The number of amides is 2. The van der Waals surface area contributed by atoms with Crippen LogP contribution in [0.15, 0.2) is 48.5 Å². The topological polar surface area (TPSA) is 49.4 Å². The quantitative estimate of drug-likeness (QED) is 0.806. The zero-order valence-corrected chi connectivity index (χ0v) is 17.0. The summed E-state index contributed by atoms with van der Waals surface area (Å²) in [6.07, 6.45) is 0.996. The minimum absolute atomic E-state index is 0.00295. The number of rotatable bonds is 7. The molecule has 27 heavy (non-hydrogen) atoms. The minimum Gasteiger partial charge on any atom is -0.340 e. The molecule has 0 saturated heterocycles. The molecule has 0 radical (unpaired) electrons. The Hall–Kier alpha value is -2.62. The van der Waals surface area contributed by atoms with Crippen molar-refractivity contribution in [3.63, 3.8) is 0 Å². The SMILES string of the molecule is CCc1ccc(CN(C)C(=O)C(NC(=O)c2ccc(C)cc2)C(C)C)cc1. The van der Waals surface area contributed by atoms with E-state index in [1.54, 1.807) is 24.1 Å². The summed E-state index contributed by atoms with van der Waals surface area (Å²) in [5, 5.41) is 2.91. The molecule has 0 bridgehead atoms. The normalized spacial score (nSPS) is 11.9. The largest absolute Gasteiger partial charge is 0.340 e. The summed E-state index contributed by atoms with van der Waals surface area (Å²) >= 11 is 0. The monoisotopic (exact) mass is 366 g/mol. The van der Waals surface area contributed by atoms with Gasteiger partial charge < -0.3 is 10.2 Å². The number of aryl methyl sites for hydroxylation is 2. The molecule has 0 fully saturated rings. The molecule has 4 nitrogen and oxygen atoms in total. The molecule has 0 spiro atoms. The second-order valence-electron chi connectivity index (χ2n) is 7.43. The van der Waals surface area contributed by atoms with Gasteiger partial charge in [0.25, 0.3) is 5.91 Å². The summed E-state index contributed by atoms with van der Waals surface area (Å²) in [7, 11) is 1.78. The molecule has 0 aromatic heterocycles. The van der Waals surface area contributed by atoms with E-state index in [2.05, 4.69) is 36.5 Å². The van der Waals surface area contributed by atoms with Gasteiger partial charge in [-0.1, -0.05) is 62.7 Å². The zero-order valence-electron chi connectivity index (χ0n) is 17.0. The summed E-state index contributed by atoms with van der Waals surface area (Å²) in [6.45, 7) is 8.51. The number of carbonyl (C=O) groups is 2. The summed E-state index contributed by atoms with van der Waals surface area (Å²) in [6, 6.07) is 15.1. The van der Waals surface area contributed by atoms with Gasteiger partial charge in [0.05, 0.1) is 0 Å². The van der Waals surface area contributed by atoms with Gasteiger partial charge in [-0.3, -0.25) is 9.59 Å². The lowest BCUT2D eigenvalue weighted by molar-refractivity contribution is -0.133. The van der Waals surface area contributed by atoms with E-state index in [9.17, 15) is 9.59 Å². The van der Waals surface area contributed by atoms with Crippen LogP contribution in [-0.2, 0) is 17.8 Å². The standard InChI is InChI=1S/C23H30N2O2/c1-6-18-9-11-19(12-10-18)15-25(5)23(27)21(16(2)3)24-22(26)20-13-7-17(4)8-14-20/h7-14,16,21H,6,15H2,1-5H3,(H,24,26). The second kappa shape index (κ2) is 9.36. The number of likely N-dealkylation sites (N-methyl/N-ethyl adjacent to an activating group) is 1. The van der Waals surface area contributed by atoms with Gasteiger partial charge in [0.15, 0.2) is 0 Å². The average molecular weight is 367 g/mol. The average Bonchev–Trinajstić information content (AvgIpc) is 2.66. The number of nitrogens with one attached hydrogen (secondary N) is 1. The summed E-state index contributed by atoms with van der Waals surface area (Å²) < 4.78 is 0. The molecule has 0 aliphatic heterocycles. The second-order valence-corrected chi connectivity index (χ2v) is 7.43. The van der Waals surface area contributed by atoms with Crippen LogP contribution in [0.5, 0.6) is 0 Å². The first kappa shape index (κ1) is 20.7. The third kappa shape index (κ3) is 5.68. The van der Waals surface area contributed by atoms with Crippen molar-refractivity contribution in [3.05, 3.63) is 70.8 Å². The lowest BCUT2D eigenvalue weighted by Gasteiger charge is -2.27. The summed E-state index contributed by atoms with van der Waals surface area (Å²) in [5.41, 5.74) is 4.02. The van der Waals surface area contributed by atoms with Crippen molar-refractivity contribution in [1.82, 2.24) is 10.2 Å². The molecule has 2 aromatic carbocycles. The predicted octanol–water partition coefficient (Wildman–Crippen LogP) is 3.97. The maximum Gasteiger partial charge on any atom is 0.251 e. The molecule has 0 heterocycles. The molecule has 2 rings (SSSR count). The van der Waals surface area contributed by atoms with Crippen LogP contribution in [0.3, 0.4) is 0 Å². The van der Waals surface area contributed by atoms with Crippen LogP contribution in [0.2, 0.25) is 0 Å². The zero-order chi connectivity index (χ0) is 20.0. The number of hydrogen-bond donors (Lipinski definition) is 1. The Morgan fingerprint density at radius 1 is 0.963 bits per heavy atom. The molecule has 0 aliphatic carbocycles. The minimum atomic E-state index is -0.557. The Bertz CT molecular complexity index is 764. The van der Waals surface area contributed by atoms with Gasteiger partial charge in [0.2, 0.25) is 5.91 Å². The van der Waals surface area contributed by atoms with E-state index in [0.717, 1.165) is 17.5 Å². The van der Waals surface area contributed by atoms with Crippen molar-refractivity contribution in [2.45, 2.75) is 46.7 Å². The van der Waals surface area contributed by atoms with E-state index >= 15 is 0 Å². The molecule has 1 unspecified atom stereocenters. The molecule has 0 saturated carbocycles. The number of carbonyl (C=O) groups excluding carboxylic acids is 2. The number of hydrogen-bond acceptors (Lipinski definition) is 2. The van der Waals surface area contributed by atoms with Gasteiger partial charge in [-0.25, -0.2) is 0 Å². The summed E-state index contributed by atoms with van der Waals surface area (Å²) in [4.78, 5) is 27.2. The van der Waals surface area contributed by atoms with Gasteiger partial charge in [-0.05, 0) is 42.5 Å². The fraction of sp³-hybridized carbons (Fsp3) is 0.391. The Morgan fingerprint density at radius 2 is 1.52 bits per heavy atom. The Labute approximate surface area is 162 Å². The third-order valence-electron chi connectivity index (χ3n) is 4.76. The molecule has 1 N–H and O–H groups in total. The Kier molecular flexibility index (Phi) is 7.17. The van der Waals surface area contributed by atoms with Gasteiger partial charge in [-0.15, -0.1) is 0 Å². The maximum absolute atomic E-state index is 12.9. The predicted molar refractivity (Wildman–Crippen MR) is 110 cm³/mol. The van der Waals surface area contributed by atoms with Gasteiger partial charge in [-0.2, -0.15) is 0 Å². The molecular formula is C23H30N2O2. The first-order valence-corrected chi connectivity index (χ1v) is 9.52. The Balaban J connectivity index is 2.06. The molecule has 144 valence electrons. The Morgan fingerprint density at radius 3 is 2.04 bits per heavy atom. The van der Waals surface area contributed by atoms with Gasteiger partial charge in [0.1, 0.15) is 6.04 Å². The molecule has 2 aromatic rings. The first-order chi connectivity index (χ1) is 12.8. The fourth-order valence-electron chi connectivity index (χ4n) is 2.91. The van der Waals surface area contributed by atoms with Crippen LogP contribution in [0, 0.1) is 12.8 Å². The number of nitrogens with zero attached hydrogens (tertiary/aromatic N) is 1. The van der Waals surface area contributed by atoms with Crippen molar-refractivity contribution in [1.29, 1.82) is 0 Å². The van der Waals surface area contributed by atoms with Crippen LogP contribution in [0.1, 0.15) is 47.8 Å². The lowest BCUT2D eigenvalue weighted by Crippen LogP contribution is -2.50. The lowest BCUT2D eigenvalue weighted by atomic mass is 10.0. The van der Waals surface area contributed by atoms with Gasteiger partial charge >= 0.3 is 0 Å². The summed E-state index contributed by atoms with van der Waals surface area (Å²) in [5.74, 6) is -0.301. The highest BCUT2D eigenvalue weighted by Crippen LogP contribution is 2.12. The van der Waals surface area contributed by atoms with Crippen molar-refractivity contribution in [3.8, 4) is 0 Å². The highest BCUT2D eigenvalue weighted by atomic mass is 16.2. The van der Waals surface area contributed by atoms with Crippen molar-refractivity contribution < 1.29 is 9.59 Å². The van der Waals surface area contributed by atoms with Crippen LogP contribution < -0.4 is 5.32 Å². The highest BCUT2D eigenvalue weighted by Gasteiger charge is 2.27. The van der Waals surface area contributed by atoms with E-state index in [1.165, 1.54) is 5.56 Å². The van der Waals surface area contributed by atoms with E-state index in [-0.39, 0.29) is 17.7 Å². The maximum atomic E-state index is 12.9. The van der Waals surface area contributed by atoms with Gasteiger partial charge in [0, 0.05) is 19.2 Å². The smallest absolute Gasteiger partial charge is 0.251 e. The van der Waals surface area contributed by atoms with E-state index < -0.39 is 6.04 Å². The molecular weight excluding hydrogens is 336 g/mol. The van der Waals surface area contributed by atoms with Crippen molar-refractivity contribution in [2.75, 3.05) is 7.05 Å². The molecule has 1 atom stereocenters.